The number of anilines is 3. The maximum Gasteiger partial charge on any atom is 0.0462 e. The molecule has 0 aromatic heterocycles. The van der Waals surface area contributed by atoms with Gasteiger partial charge in [-0.1, -0.05) is 89.5 Å². The van der Waals surface area contributed by atoms with Crippen molar-refractivity contribution >= 4 is 29.2 Å². The van der Waals surface area contributed by atoms with E-state index in [1.807, 2.05) is 0 Å². The summed E-state index contributed by atoms with van der Waals surface area (Å²) in [6.45, 7) is 6.35. The van der Waals surface area contributed by atoms with E-state index in [0.717, 1.165) is 17.1 Å². The molecular weight excluding hydrogens is 362 g/mol. The second-order valence-corrected chi connectivity index (χ2v) is 7.84. The van der Waals surface area contributed by atoms with Crippen LogP contribution in [0.2, 0.25) is 0 Å². The van der Waals surface area contributed by atoms with Crippen LogP contribution in [0.3, 0.4) is 0 Å². The van der Waals surface area contributed by atoms with Crippen molar-refractivity contribution < 1.29 is 0 Å². The first kappa shape index (κ1) is 19.7. The molecule has 0 spiro atoms. The highest BCUT2D eigenvalue weighted by molar-refractivity contribution is 5.78. The zero-order valence-electron chi connectivity index (χ0n) is 17.8. The lowest BCUT2D eigenvalue weighted by Crippen LogP contribution is -2.09. The molecular formula is C29H27N. The first-order valence-corrected chi connectivity index (χ1v) is 10.4. The molecule has 0 saturated carbocycles. The fourth-order valence-electron chi connectivity index (χ4n) is 3.44. The summed E-state index contributed by atoms with van der Waals surface area (Å²) in [7, 11) is 0. The van der Waals surface area contributed by atoms with E-state index in [1.54, 1.807) is 0 Å². The molecule has 0 unspecified atom stereocenters. The van der Waals surface area contributed by atoms with E-state index >= 15 is 0 Å². The highest BCUT2D eigenvalue weighted by atomic mass is 15.1. The molecule has 1 heteroatoms. The average molecular weight is 390 g/mol. The van der Waals surface area contributed by atoms with Crippen LogP contribution >= 0.6 is 0 Å². The largest absolute Gasteiger partial charge is 0.311 e. The zero-order valence-corrected chi connectivity index (χ0v) is 17.8. The second-order valence-electron chi connectivity index (χ2n) is 7.84. The van der Waals surface area contributed by atoms with Gasteiger partial charge in [0.15, 0.2) is 0 Å². The van der Waals surface area contributed by atoms with E-state index in [0.29, 0.717) is 0 Å². The van der Waals surface area contributed by atoms with Gasteiger partial charge in [-0.05, 0) is 68.3 Å². The standard InChI is InChI=1S/C29H27N/c1-22-4-10-25(11-5-22)12-13-26-14-20-29(21-15-26)30(27-16-6-23(2)7-17-27)28-18-8-24(3)9-19-28/h4-21H,1-3H3. The number of rotatable bonds is 5. The minimum atomic E-state index is 1.15. The molecule has 148 valence electrons. The average Bonchev–Trinajstić information content (AvgIpc) is 2.77. The Morgan fingerprint density at radius 1 is 0.400 bits per heavy atom. The van der Waals surface area contributed by atoms with E-state index in [-0.39, 0.29) is 0 Å². The second kappa shape index (κ2) is 8.84. The van der Waals surface area contributed by atoms with Gasteiger partial charge in [0.2, 0.25) is 0 Å². The molecule has 0 aliphatic carbocycles. The van der Waals surface area contributed by atoms with Crippen LogP contribution in [-0.2, 0) is 0 Å². The molecule has 0 fully saturated rings. The quantitative estimate of drug-likeness (QED) is 0.311. The van der Waals surface area contributed by atoms with Gasteiger partial charge in [-0.3, -0.25) is 0 Å². The Morgan fingerprint density at radius 3 is 1.03 bits per heavy atom. The number of aryl methyl sites for hydroxylation is 3. The van der Waals surface area contributed by atoms with Crippen molar-refractivity contribution in [3.8, 4) is 0 Å². The Labute approximate surface area is 179 Å². The van der Waals surface area contributed by atoms with E-state index in [1.165, 1.54) is 27.8 Å². The van der Waals surface area contributed by atoms with Crippen LogP contribution in [0.15, 0.2) is 97.1 Å². The molecule has 30 heavy (non-hydrogen) atoms. The first-order chi connectivity index (χ1) is 14.6. The molecule has 0 bridgehead atoms. The smallest absolute Gasteiger partial charge is 0.0462 e. The van der Waals surface area contributed by atoms with E-state index in [2.05, 4.69) is 135 Å². The van der Waals surface area contributed by atoms with Crippen molar-refractivity contribution in [1.29, 1.82) is 0 Å². The van der Waals surface area contributed by atoms with Gasteiger partial charge in [-0.2, -0.15) is 0 Å². The van der Waals surface area contributed by atoms with Crippen LogP contribution in [0.1, 0.15) is 27.8 Å². The van der Waals surface area contributed by atoms with E-state index in [9.17, 15) is 0 Å². The summed E-state index contributed by atoms with van der Waals surface area (Å²) < 4.78 is 0. The van der Waals surface area contributed by atoms with Gasteiger partial charge in [0.25, 0.3) is 0 Å². The van der Waals surface area contributed by atoms with E-state index < -0.39 is 0 Å². The molecule has 0 atom stereocenters. The minimum Gasteiger partial charge on any atom is -0.311 e. The Hall–Kier alpha value is -3.58. The summed E-state index contributed by atoms with van der Waals surface area (Å²) in [6.07, 6.45) is 4.32. The number of hydrogen-bond acceptors (Lipinski definition) is 1. The van der Waals surface area contributed by atoms with Crippen LogP contribution < -0.4 is 4.90 Å². The van der Waals surface area contributed by atoms with Crippen molar-refractivity contribution in [3.05, 3.63) is 125 Å². The number of nitrogens with zero attached hydrogens (tertiary/aromatic N) is 1. The van der Waals surface area contributed by atoms with Gasteiger partial charge in [0, 0.05) is 17.1 Å². The maximum absolute atomic E-state index is 2.30. The summed E-state index contributed by atoms with van der Waals surface area (Å²) in [6, 6.07) is 34.7. The maximum atomic E-state index is 2.30. The summed E-state index contributed by atoms with van der Waals surface area (Å²) >= 11 is 0. The molecule has 4 aromatic carbocycles. The predicted molar refractivity (Wildman–Crippen MR) is 131 cm³/mol. The molecule has 1 nitrogen and oxygen atoms in total. The number of benzene rings is 4. The molecule has 0 N–H and O–H groups in total. The van der Waals surface area contributed by atoms with Gasteiger partial charge in [-0.15, -0.1) is 0 Å². The van der Waals surface area contributed by atoms with Gasteiger partial charge < -0.3 is 4.90 Å². The first-order valence-electron chi connectivity index (χ1n) is 10.4. The van der Waals surface area contributed by atoms with Crippen LogP contribution in [-0.4, -0.2) is 0 Å². The summed E-state index contributed by atoms with van der Waals surface area (Å²) in [5.41, 5.74) is 9.68. The van der Waals surface area contributed by atoms with Crippen LogP contribution in [0.25, 0.3) is 12.2 Å². The molecule has 4 aromatic rings. The molecule has 0 saturated heterocycles. The van der Waals surface area contributed by atoms with Crippen molar-refractivity contribution in [1.82, 2.24) is 0 Å². The third-order valence-corrected chi connectivity index (χ3v) is 5.28. The predicted octanol–water partition coefficient (Wildman–Crippen LogP) is 8.25. The molecule has 0 amide bonds. The minimum absolute atomic E-state index is 1.15. The molecule has 4 rings (SSSR count). The van der Waals surface area contributed by atoms with Crippen LogP contribution in [0.5, 0.6) is 0 Å². The lowest BCUT2D eigenvalue weighted by molar-refractivity contribution is 1.27. The fraction of sp³-hybridized carbons (Fsp3) is 0.103. The van der Waals surface area contributed by atoms with Crippen molar-refractivity contribution in [2.45, 2.75) is 20.8 Å². The van der Waals surface area contributed by atoms with Crippen molar-refractivity contribution in [2.24, 2.45) is 0 Å². The normalized spacial score (nSPS) is 11.0. The molecule has 0 heterocycles. The van der Waals surface area contributed by atoms with Crippen molar-refractivity contribution in [3.63, 3.8) is 0 Å². The lowest BCUT2D eigenvalue weighted by Gasteiger charge is -2.25. The molecule has 0 aliphatic rings. The Morgan fingerprint density at radius 2 is 0.667 bits per heavy atom. The molecule has 0 aliphatic heterocycles. The van der Waals surface area contributed by atoms with E-state index in [4.69, 9.17) is 0 Å². The van der Waals surface area contributed by atoms with Crippen LogP contribution in [0, 0.1) is 20.8 Å². The van der Waals surface area contributed by atoms with Gasteiger partial charge in [-0.25, -0.2) is 0 Å². The number of hydrogen-bond donors (Lipinski definition) is 0. The summed E-state index contributed by atoms with van der Waals surface area (Å²) in [5.74, 6) is 0. The highest BCUT2D eigenvalue weighted by Crippen LogP contribution is 2.34. The third-order valence-electron chi connectivity index (χ3n) is 5.28. The third kappa shape index (κ3) is 4.69. The van der Waals surface area contributed by atoms with Gasteiger partial charge in [0.1, 0.15) is 0 Å². The van der Waals surface area contributed by atoms with Crippen molar-refractivity contribution in [2.75, 3.05) is 4.90 Å². The van der Waals surface area contributed by atoms with Gasteiger partial charge >= 0.3 is 0 Å². The lowest BCUT2D eigenvalue weighted by atomic mass is 10.1. The SMILES string of the molecule is Cc1ccc(C=Cc2ccc(N(c3ccc(C)cc3)c3ccc(C)cc3)cc2)cc1. The Balaban J connectivity index is 1.64. The summed E-state index contributed by atoms with van der Waals surface area (Å²) in [5, 5.41) is 0. The monoisotopic (exact) mass is 389 g/mol. The zero-order chi connectivity index (χ0) is 20.9. The van der Waals surface area contributed by atoms with Gasteiger partial charge in [0.05, 0.1) is 0 Å². The molecule has 0 radical (unpaired) electrons. The highest BCUT2D eigenvalue weighted by Gasteiger charge is 2.11. The fourth-order valence-corrected chi connectivity index (χ4v) is 3.44. The Bertz CT molecular complexity index is 1070. The topological polar surface area (TPSA) is 3.24 Å². The van der Waals surface area contributed by atoms with Crippen LogP contribution in [0.4, 0.5) is 17.1 Å². The summed E-state index contributed by atoms with van der Waals surface area (Å²) in [4.78, 5) is 2.30. The Kier molecular flexibility index (Phi) is 5.81.